The van der Waals surface area contributed by atoms with Crippen LogP contribution < -0.4 is 10.0 Å². The van der Waals surface area contributed by atoms with Crippen molar-refractivity contribution in [1.82, 2.24) is 10.0 Å². The van der Waals surface area contributed by atoms with Crippen LogP contribution in [0.2, 0.25) is 0 Å². The molecule has 0 aliphatic carbocycles. The topological polar surface area (TPSA) is 158 Å². The molecule has 1 fully saturated rings. The van der Waals surface area contributed by atoms with Crippen molar-refractivity contribution in [2.45, 2.75) is 35.5 Å². The van der Waals surface area contributed by atoms with E-state index in [1.807, 2.05) is 42.5 Å². The third-order valence-electron chi connectivity index (χ3n) is 6.23. The molecule has 5 atom stereocenters. The SMILES string of the molecule is CO[C@H]1O[C@H](CNS(=O)(=O)c2ccccc2C#N)[C@@H](O)[C@H](O)[C@@H]1NC(=O)c1cccc(-c2ccccc2)c1. The summed E-state index contributed by atoms with van der Waals surface area (Å²) in [7, 11) is -2.82. The molecule has 4 rings (SSSR count). The van der Waals surface area contributed by atoms with Crippen molar-refractivity contribution in [2.75, 3.05) is 13.7 Å². The Bertz CT molecular complexity index is 1420. The smallest absolute Gasteiger partial charge is 0.251 e. The number of hydrogen-bond donors (Lipinski definition) is 4. The van der Waals surface area contributed by atoms with Crippen molar-refractivity contribution in [3.8, 4) is 17.2 Å². The number of nitriles is 1. The molecular weight excluding hydrogens is 510 g/mol. The highest BCUT2D eigenvalue weighted by Crippen LogP contribution is 2.24. The summed E-state index contributed by atoms with van der Waals surface area (Å²) in [5.41, 5.74) is 2.04. The predicted molar refractivity (Wildman–Crippen MR) is 137 cm³/mol. The summed E-state index contributed by atoms with van der Waals surface area (Å²) in [6, 6.07) is 22.8. The lowest BCUT2D eigenvalue weighted by molar-refractivity contribution is -0.253. The quantitative estimate of drug-likeness (QED) is 0.336. The van der Waals surface area contributed by atoms with Crippen LogP contribution in [-0.2, 0) is 19.5 Å². The Kier molecular flexibility index (Phi) is 8.53. The van der Waals surface area contributed by atoms with Crippen molar-refractivity contribution in [3.63, 3.8) is 0 Å². The van der Waals surface area contributed by atoms with Crippen LogP contribution in [0.5, 0.6) is 0 Å². The number of benzene rings is 3. The van der Waals surface area contributed by atoms with Crippen LogP contribution in [0.3, 0.4) is 0 Å². The molecule has 1 saturated heterocycles. The summed E-state index contributed by atoms with van der Waals surface area (Å²) >= 11 is 0. The highest BCUT2D eigenvalue weighted by atomic mass is 32.2. The second kappa shape index (κ2) is 11.8. The van der Waals surface area contributed by atoms with Gasteiger partial charge in [-0.05, 0) is 35.4 Å². The number of hydrogen-bond acceptors (Lipinski definition) is 8. The van der Waals surface area contributed by atoms with Crippen molar-refractivity contribution in [3.05, 3.63) is 90.0 Å². The lowest BCUT2D eigenvalue weighted by atomic mass is 9.96. The van der Waals surface area contributed by atoms with Crippen LogP contribution in [-0.4, -0.2) is 68.8 Å². The minimum absolute atomic E-state index is 0.0426. The summed E-state index contributed by atoms with van der Waals surface area (Å²) < 4.78 is 38.8. The maximum atomic E-state index is 13.0. The van der Waals surface area contributed by atoms with Gasteiger partial charge in [0.25, 0.3) is 5.91 Å². The van der Waals surface area contributed by atoms with E-state index in [2.05, 4.69) is 10.0 Å². The summed E-state index contributed by atoms with van der Waals surface area (Å²) in [6.45, 7) is -0.417. The van der Waals surface area contributed by atoms with Gasteiger partial charge in [0, 0.05) is 19.2 Å². The van der Waals surface area contributed by atoms with Crippen molar-refractivity contribution >= 4 is 15.9 Å². The van der Waals surface area contributed by atoms with E-state index in [4.69, 9.17) is 9.47 Å². The molecule has 1 heterocycles. The van der Waals surface area contributed by atoms with Gasteiger partial charge in [-0.3, -0.25) is 4.79 Å². The largest absolute Gasteiger partial charge is 0.388 e. The molecule has 0 unspecified atom stereocenters. The van der Waals surface area contributed by atoms with Gasteiger partial charge in [-0.1, -0.05) is 54.6 Å². The molecule has 10 nitrogen and oxygen atoms in total. The van der Waals surface area contributed by atoms with Gasteiger partial charge >= 0.3 is 0 Å². The Balaban J connectivity index is 1.45. The number of nitrogens with one attached hydrogen (secondary N) is 2. The fourth-order valence-corrected chi connectivity index (χ4v) is 5.42. The molecule has 3 aromatic carbocycles. The predicted octanol–water partition coefficient (Wildman–Crippen LogP) is 1.40. The number of aliphatic hydroxyl groups excluding tert-OH is 2. The second-order valence-electron chi connectivity index (χ2n) is 8.67. The van der Waals surface area contributed by atoms with Crippen LogP contribution in [0.15, 0.2) is 83.8 Å². The molecule has 0 bridgehead atoms. The summed E-state index contributed by atoms with van der Waals surface area (Å²) in [6.07, 6.45) is -5.48. The van der Waals surface area contributed by atoms with Crippen LogP contribution in [0.1, 0.15) is 15.9 Å². The van der Waals surface area contributed by atoms with Crippen LogP contribution in [0, 0.1) is 11.3 Å². The van der Waals surface area contributed by atoms with Crippen LogP contribution >= 0.6 is 0 Å². The zero-order chi connectivity index (χ0) is 27.3. The lowest BCUT2D eigenvalue weighted by Crippen LogP contribution is -2.65. The van der Waals surface area contributed by atoms with Crippen molar-refractivity contribution in [1.29, 1.82) is 5.26 Å². The molecule has 11 heteroatoms. The molecule has 1 amide bonds. The summed E-state index contributed by atoms with van der Waals surface area (Å²) in [5.74, 6) is -0.517. The standard InChI is InChI=1S/C27H27N3O7S/c1-36-27-23(30-26(33)19-12-7-11-18(14-19)17-8-3-2-4-9-17)25(32)24(31)21(37-27)16-29-38(34,35)22-13-6-5-10-20(22)15-28/h2-14,21,23-25,27,29,31-32H,16H2,1H3,(H,30,33)/t21-,23+,24-,25-,27+/m1/s1. The van der Waals surface area contributed by atoms with E-state index in [0.717, 1.165) is 11.1 Å². The third kappa shape index (κ3) is 5.92. The first kappa shape index (κ1) is 27.4. The molecule has 0 aromatic heterocycles. The molecule has 0 spiro atoms. The van der Waals surface area contributed by atoms with E-state index in [0.29, 0.717) is 5.56 Å². The van der Waals surface area contributed by atoms with E-state index in [1.165, 1.54) is 31.4 Å². The normalized spacial score (nSPS) is 23.4. The molecule has 3 aromatic rings. The van der Waals surface area contributed by atoms with Gasteiger partial charge in [0.15, 0.2) is 6.29 Å². The van der Waals surface area contributed by atoms with Gasteiger partial charge in [-0.15, -0.1) is 0 Å². The highest BCUT2D eigenvalue weighted by Gasteiger charge is 2.45. The van der Waals surface area contributed by atoms with Gasteiger partial charge < -0.3 is 25.0 Å². The van der Waals surface area contributed by atoms with Gasteiger partial charge in [0.05, 0.1) is 10.5 Å². The molecule has 4 N–H and O–H groups in total. The first-order chi connectivity index (χ1) is 18.2. The molecule has 0 radical (unpaired) electrons. The zero-order valence-corrected chi connectivity index (χ0v) is 21.2. The fraction of sp³-hybridized carbons (Fsp3) is 0.259. The molecular formula is C27H27N3O7S. The minimum atomic E-state index is -4.12. The van der Waals surface area contributed by atoms with Gasteiger partial charge in [-0.2, -0.15) is 5.26 Å². The number of rotatable bonds is 8. The highest BCUT2D eigenvalue weighted by molar-refractivity contribution is 7.89. The maximum Gasteiger partial charge on any atom is 0.251 e. The first-order valence-electron chi connectivity index (χ1n) is 11.7. The maximum absolute atomic E-state index is 13.0. The molecule has 38 heavy (non-hydrogen) atoms. The summed E-state index contributed by atoms with van der Waals surface area (Å²) in [4.78, 5) is 12.8. The van der Waals surface area contributed by atoms with Gasteiger partial charge in [0.2, 0.25) is 10.0 Å². The Morgan fingerprint density at radius 3 is 2.39 bits per heavy atom. The first-order valence-corrected chi connectivity index (χ1v) is 13.2. The van der Waals surface area contributed by atoms with Crippen molar-refractivity contribution in [2.24, 2.45) is 0 Å². The zero-order valence-electron chi connectivity index (χ0n) is 20.4. The minimum Gasteiger partial charge on any atom is -0.388 e. The number of nitrogens with zero attached hydrogens (tertiary/aromatic N) is 1. The third-order valence-corrected chi connectivity index (χ3v) is 7.72. The number of methoxy groups -OCH3 is 1. The van der Waals surface area contributed by atoms with Crippen molar-refractivity contribution < 1.29 is 32.9 Å². The lowest BCUT2D eigenvalue weighted by Gasteiger charge is -2.42. The number of ether oxygens (including phenoxy) is 2. The average molecular weight is 538 g/mol. The van der Waals surface area contributed by atoms with E-state index in [9.17, 15) is 28.7 Å². The van der Waals surface area contributed by atoms with Crippen LogP contribution in [0.4, 0.5) is 0 Å². The second-order valence-corrected chi connectivity index (χ2v) is 10.4. The summed E-state index contributed by atoms with van der Waals surface area (Å²) in [5, 5.41) is 33.4. The Hall–Kier alpha value is -3.63. The van der Waals surface area contributed by atoms with E-state index >= 15 is 0 Å². The number of amides is 1. The molecule has 0 saturated carbocycles. The van der Waals surface area contributed by atoms with E-state index in [-0.39, 0.29) is 10.5 Å². The fourth-order valence-electron chi connectivity index (χ4n) is 4.22. The Morgan fingerprint density at radius 1 is 1.00 bits per heavy atom. The molecule has 1 aliphatic heterocycles. The molecule has 1 aliphatic rings. The Labute approximate surface area is 220 Å². The number of sulfonamides is 1. The van der Waals surface area contributed by atoms with Gasteiger partial charge in [-0.25, -0.2) is 13.1 Å². The van der Waals surface area contributed by atoms with Gasteiger partial charge in [0.1, 0.15) is 30.4 Å². The van der Waals surface area contributed by atoms with E-state index in [1.54, 1.807) is 18.2 Å². The van der Waals surface area contributed by atoms with E-state index < -0.39 is 53.1 Å². The monoisotopic (exact) mass is 537 g/mol. The Morgan fingerprint density at radius 2 is 1.68 bits per heavy atom. The number of aliphatic hydroxyl groups is 2. The number of carbonyl (C=O) groups excluding carboxylic acids is 1. The molecule has 198 valence electrons. The average Bonchev–Trinajstić information content (AvgIpc) is 2.95. The van der Waals surface area contributed by atoms with Crippen LogP contribution in [0.25, 0.3) is 11.1 Å². The number of carbonyl (C=O) groups is 1.